The van der Waals surface area contributed by atoms with Crippen molar-refractivity contribution in [2.45, 2.75) is 70.1 Å². The number of carbonyl (C=O) groups excluding carboxylic acids is 3. The Morgan fingerprint density at radius 1 is 1.26 bits per heavy atom. The molecular weight excluding hydrogens is 458 g/mol. The van der Waals surface area contributed by atoms with Crippen LogP contribution in [-0.2, 0) is 19.1 Å². The van der Waals surface area contributed by atoms with Gasteiger partial charge in [-0.25, -0.2) is 0 Å². The third-order valence-electron chi connectivity index (χ3n) is 7.79. The molecule has 0 aliphatic carbocycles. The molecule has 9 heteroatoms. The van der Waals surface area contributed by atoms with Gasteiger partial charge in [-0.05, 0) is 50.7 Å². The van der Waals surface area contributed by atoms with Crippen molar-refractivity contribution in [2.24, 2.45) is 11.8 Å². The second-order valence-corrected chi connectivity index (χ2v) is 10.1. The number of anilines is 1. The number of likely N-dealkylation sites (tertiary alicyclic amines) is 1. The fourth-order valence-corrected chi connectivity index (χ4v) is 6.51. The summed E-state index contributed by atoms with van der Waals surface area (Å²) in [7, 11) is 0. The fraction of sp³-hybridized carbons (Fsp3) is 0.640. The summed E-state index contributed by atoms with van der Waals surface area (Å²) in [5, 5.41) is 15.7. The van der Waals surface area contributed by atoms with Gasteiger partial charge in [-0.2, -0.15) is 0 Å². The van der Waals surface area contributed by atoms with E-state index in [-0.39, 0.29) is 30.9 Å². The Morgan fingerprint density at radius 2 is 2.03 bits per heavy atom. The first kappa shape index (κ1) is 24.9. The highest BCUT2D eigenvalue weighted by Crippen LogP contribution is 2.64. The van der Waals surface area contributed by atoms with E-state index in [2.05, 4.69) is 10.6 Å². The normalized spacial score (nSPS) is 31.6. The average molecular weight is 492 g/mol. The lowest BCUT2D eigenvalue weighted by Crippen LogP contribution is -2.53. The number of carbonyl (C=O) groups is 3. The van der Waals surface area contributed by atoms with E-state index in [1.165, 1.54) is 4.90 Å². The van der Waals surface area contributed by atoms with E-state index in [1.54, 1.807) is 12.1 Å². The number of aliphatic hydroxyl groups is 1. The Hall–Kier alpha value is -2.16. The minimum atomic E-state index is -1.09. The standard InChI is InChI=1S/C25H34ClN3O5/c1-4-12-27-21(31)17-18-23(33)29(13-7-14-30)20(25(18)11-10-24(17,5-2)34-25)22(32)28-19-15(3)8-6-9-16(19)26/h6,8-9,17-18,20,30H,4-5,7,10-14H2,1-3H3,(H,27,31)(H,28,32)/t17-,18-,20?,24+,25?/m0/s1. The third-order valence-corrected chi connectivity index (χ3v) is 8.10. The first-order valence-electron chi connectivity index (χ1n) is 12.2. The Bertz CT molecular complexity index is 967. The van der Waals surface area contributed by atoms with Crippen molar-refractivity contribution >= 4 is 35.0 Å². The molecule has 34 heavy (non-hydrogen) atoms. The number of aryl methyl sites for hydroxylation is 1. The summed E-state index contributed by atoms with van der Waals surface area (Å²) in [6.45, 7) is 6.41. The Morgan fingerprint density at radius 3 is 2.68 bits per heavy atom. The number of fused-ring (bicyclic) bond motifs is 1. The van der Waals surface area contributed by atoms with E-state index in [9.17, 15) is 19.5 Å². The first-order chi connectivity index (χ1) is 16.3. The number of rotatable bonds is 9. The molecule has 0 radical (unpaired) electrons. The Balaban J connectivity index is 1.74. The number of para-hydroxylation sites is 1. The highest BCUT2D eigenvalue weighted by molar-refractivity contribution is 6.34. The molecule has 3 aliphatic heterocycles. The summed E-state index contributed by atoms with van der Waals surface area (Å²) in [5.41, 5.74) is -0.547. The van der Waals surface area contributed by atoms with Crippen molar-refractivity contribution in [2.75, 3.05) is 25.0 Å². The topological polar surface area (TPSA) is 108 Å². The molecular formula is C25H34ClN3O5. The minimum Gasteiger partial charge on any atom is -0.396 e. The van der Waals surface area contributed by atoms with E-state index in [0.717, 1.165) is 12.0 Å². The first-order valence-corrected chi connectivity index (χ1v) is 12.6. The molecule has 8 nitrogen and oxygen atoms in total. The maximum Gasteiger partial charge on any atom is 0.250 e. The van der Waals surface area contributed by atoms with Crippen LogP contribution >= 0.6 is 11.6 Å². The highest BCUT2D eigenvalue weighted by Gasteiger charge is 2.78. The summed E-state index contributed by atoms with van der Waals surface area (Å²) in [4.78, 5) is 42.4. The SMILES string of the molecule is CCCNC(=O)[C@@H]1[C@H]2C(=O)N(CCCO)C(C(=O)Nc3c(C)cccc3Cl)C23CC[C@@]1(CC)O3. The van der Waals surface area contributed by atoms with Gasteiger partial charge in [0.2, 0.25) is 17.7 Å². The number of benzene rings is 1. The zero-order valence-corrected chi connectivity index (χ0v) is 20.8. The van der Waals surface area contributed by atoms with E-state index in [1.807, 2.05) is 26.8 Å². The molecule has 3 heterocycles. The van der Waals surface area contributed by atoms with Crippen LogP contribution in [0.3, 0.4) is 0 Å². The van der Waals surface area contributed by atoms with Crippen LogP contribution in [0.4, 0.5) is 5.69 Å². The molecule has 3 amide bonds. The van der Waals surface area contributed by atoms with Gasteiger partial charge in [0.05, 0.1) is 28.1 Å². The van der Waals surface area contributed by atoms with Gasteiger partial charge in [-0.1, -0.05) is 37.6 Å². The van der Waals surface area contributed by atoms with Crippen LogP contribution in [0, 0.1) is 18.8 Å². The van der Waals surface area contributed by atoms with Gasteiger partial charge in [-0.3, -0.25) is 14.4 Å². The molecule has 0 saturated carbocycles. The van der Waals surface area contributed by atoms with Crippen LogP contribution in [0.1, 0.15) is 51.5 Å². The van der Waals surface area contributed by atoms with Crippen molar-refractivity contribution in [1.29, 1.82) is 0 Å². The maximum absolute atomic E-state index is 13.8. The summed E-state index contributed by atoms with van der Waals surface area (Å²) in [6.07, 6.45) is 2.82. The van der Waals surface area contributed by atoms with Gasteiger partial charge in [0.15, 0.2) is 0 Å². The molecule has 186 valence electrons. The molecule has 0 aromatic heterocycles. The van der Waals surface area contributed by atoms with Crippen molar-refractivity contribution in [1.82, 2.24) is 10.2 Å². The van der Waals surface area contributed by atoms with Crippen LogP contribution < -0.4 is 10.6 Å². The van der Waals surface area contributed by atoms with E-state index in [4.69, 9.17) is 16.3 Å². The number of ether oxygens (including phenoxy) is 1. The fourth-order valence-electron chi connectivity index (χ4n) is 6.24. The summed E-state index contributed by atoms with van der Waals surface area (Å²) < 4.78 is 6.67. The molecule has 3 N–H and O–H groups in total. The number of halogens is 1. The smallest absolute Gasteiger partial charge is 0.250 e. The second-order valence-electron chi connectivity index (χ2n) is 9.65. The Labute approximate surface area is 205 Å². The molecule has 1 aromatic carbocycles. The van der Waals surface area contributed by atoms with E-state index >= 15 is 0 Å². The monoisotopic (exact) mass is 491 g/mol. The summed E-state index contributed by atoms with van der Waals surface area (Å²) in [5.74, 6) is -2.21. The molecule has 2 unspecified atom stereocenters. The minimum absolute atomic E-state index is 0.112. The van der Waals surface area contributed by atoms with Crippen LogP contribution in [0.5, 0.6) is 0 Å². The molecule has 3 saturated heterocycles. The zero-order valence-electron chi connectivity index (χ0n) is 20.0. The molecule has 1 aromatic rings. The maximum atomic E-state index is 13.8. The predicted molar refractivity (Wildman–Crippen MR) is 128 cm³/mol. The van der Waals surface area contributed by atoms with Crippen LogP contribution in [-0.4, -0.2) is 64.7 Å². The van der Waals surface area contributed by atoms with Gasteiger partial charge in [0.1, 0.15) is 11.6 Å². The number of amides is 3. The lowest BCUT2D eigenvalue weighted by molar-refractivity contribution is -0.146. The largest absolute Gasteiger partial charge is 0.396 e. The molecule has 2 bridgehead atoms. The van der Waals surface area contributed by atoms with Gasteiger partial charge in [0, 0.05) is 19.7 Å². The number of hydrogen-bond donors (Lipinski definition) is 3. The Kier molecular flexibility index (Phi) is 6.95. The van der Waals surface area contributed by atoms with Crippen LogP contribution in [0.25, 0.3) is 0 Å². The number of nitrogens with zero attached hydrogens (tertiary/aromatic N) is 1. The quantitative estimate of drug-likeness (QED) is 0.492. The molecule has 1 spiro atoms. The molecule has 4 rings (SSSR count). The van der Waals surface area contributed by atoms with Crippen LogP contribution in [0.2, 0.25) is 5.02 Å². The second kappa shape index (κ2) is 9.47. The van der Waals surface area contributed by atoms with Crippen LogP contribution in [0.15, 0.2) is 18.2 Å². The van der Waals surface area contributed by atoms with Gasteiger partial charge in [0.25, 0.3) is 0 Å². The molecule has 3 aliphatic rings. The summed E-state index contributed by atoms with van der Waals surface area (Å²) in [6, 6.07) is 4.45. The molecule has 5 atom stereocenters. The average Bonchev–Trinajstić information content (AvgIpc) is 3.42. The number of aliphatic hydroxyl groups excluding tert-OH is 1. The van der Waals surface area contributed by atoms with Crippen molar-refractivity contribution in [3.05, 3.63) is 28.8 Å². The lowest BCUT2D eigenvalue weighted by atomic mass is 9.65. The van der Waals surface area contributed by atoms with Crippen molar-refractivity contribution in [3.63, 3.8) is 0 Å². The van der Waals surface area contributed by atoms with Gasteiger partial charge >= 0.3 is 0 Å². The predicted octanol–water partition coefficient (Wildman–Crippen LogP) is 2.65. The number of nitrogens with one attached hydrogen (secondary N) is 2. The zero-order chi connectivity index (χ0) is 24.7. The molecule has 3 fully saturated rings. The number of hydrogen-bond acceptors (Lipinski definition) is 5. The summed E-state index contributed by atoms with van der Waals surface area (Å²) >= 11 is 6.36. The van der Waals surface area contributed by atoms with Gasteiger partial charge in [-0.15, -0.1) is 0 Å². The van der Waals surface area contributed by atoms with Crippen molar-refractivity contribution in [3.8, 4) is 0 Å². The van der Waals surface area contributed by atoms with Gasteiger partial charge < -0.3 is 25.4 Å². The highest BCUT2D eigenvalue weighted by atomic mass is 35.5. The third kappa shape index (κ3) is 3.71. The lowest BCUT2D eigenvalue weighted by Gasteiger charge is -2.34. The van der Waals surface area contributed by atoms with E-state index < -0.39 is 29.1 Å². The van der Waals surface area contributed by atoms with Crippen molar-refractivity contribution < 1.29 is 24.2 Å². The van der Waals surface area contributed by atoms with E-state index in [0.29, 0.717) is 42.9 Å².